The van der Waals surface area contributed by atoms with E-state index >= 15 is 0 Å². The van der Waals surface area contributed by atoms with Gasteiger partial charge in [0.1, 0.15) is 15.2 Å². The quantitative estimate of drug-likeness (QED) is 0.314. The lowest BCUT2D eigenvalue weighted by Crippen LogP contribution is -2.64. The topological polar surface area (TPSA) is 129 Å². The first-order chi connectivity index (χ1) is 19.5. The largest absolute Gasteiger partial charge is 0.378 e. The molecule has 0 radical (unpaired) electrons. The fourth-order valence-electron chi connectivity index (χ4n) is 5.12. The molecule has 1 atom stereocenters. The molecule has 40 heavy (non-hydrogen) atoms. The number of benzene rings is 1. The molecule has 6 rings (SSSR count). The summed E-state index contributed by atoms with van der Waals surface area (Å²) in [6, 6.07) is 12.4. The Morgan fingerprint density at radius 3 is 2.65 bits per heavy atom. The summed E-state index contributed by atoms with van der Waals surface area (Å²) in [5.74, 6) is 0.658. The molecule has 13 heteroatoms. The number of fused-ring (bicyclic) bond motifs is 1. The molecule has 2 fully saturated rings. The summed E-state index contributed by atoms with van der Waals surface area (Å²) in [5.41, 5.74) is 3.70. The lowest BCUT2D eigenvalue weighted by Gasteiger charge is -2.48. The highest BCUT2D eigenvalue weighted by Crippen LogP contribution is 2.37. The predicted octanol–water partition coefficient (Wildman–Crippen LogP) is 3.35. The molecule has 0 aliphatic carbocycles. The second-order valence-electron chi connectivity index (χ2n) is 9.85. The van der Waals surface area contributed by atoms with Crippen LogP contribution in [0.2, 0.25) is 0 Å². The normalized spacial score (nSPS) is 18.4. The number of ether oxygens (including phenoxy) is 1. The Morgan fingerprint density at radius 1 is 1.18 bits per heavy atom. The van der Waals surface area contributed by atoms with Crippen LogP contribution in [0.25, 0.3) is 21.5 Å². The predicted molar refractivity (Wildman–Crippen MR) is 156 cm³/mol. The van der Waals surface area contributed by atoms with Gasteiger partial charge in [0.05, 0.1) is 47.8 Å². The van der Waals surface area contributed by atoms with E-state index in [4.69, 9.17) is 14.7 Å². The molecule has 1 N–H and O–H groups in total. The molecule has 1 aromatic carbocycles. The van der Waals surface area contributed by atoms with Crippen molar-refractivity contribution < 1.29 is 13.7 Å². The van der Waals surface area contributed by atoms with Crippen LogP contribution < -0.4 is 10.2 Å². The van der Waals surface area contributed by atoms with Crippen LogP contribution in [0.5, 0.6) is 0 Å². The zero-order valence-electron chi connectivity index (χ0n) is 21.9. The minimum absolute atomic E-state index is 0.175. The number of aromatic nitrogens is 4. The first kappa shape index (κ1) is 26.4. The van der Waals surface area contributed by atoms with Gasteiger partial charge in [-0.15, -0.1) is 11.3 Å². The number of morpholine rings is 1. The Morgan fingerprint density at radius 2 is 1.95 bits per heavy atom. The third kappa shape index (κ3) is 4.74. The van der Waals surface area contributed by atoms with Crippen molar-refractivity contribution in [2.24, 2.45) is 0 Å². The van der Waals surface area contributed by atoms with Crippen LogP contribution in [-0.2, 0) is 24.8 Å². The molecule has 0 amide bonds. The average Bonchev–Trinajstić information content (AvgIpc) is 3.65. The van der Waals surface area contributed by atoms with Crippen molar-refractivity contribution >= 4 is 53.8 Å². The maximum atomic E-state index is 12.8. The first-order valence-electron chi connectivity index (χ1n) is 13.0. The highest BCUT2D eigenvalue weighted by Gasteiger charge is 2.49. The second kappa shape index (κ2) is 10.6. The van der Waals surface area contributed by atoms with Crippen molar-refractivity contribution in [3.63, 3.8) is 0 Å². The van der Waals surface area contributed by atoms with Crippen molar-refractivity contribution in [2.45, 2.75) is 18.9 Å². The number of hydrogen-bond donors (Lipinski definition) is 1. The Labute approximate surface area is 236 Å². The van der Waals surface area contributed by atoms with Gasteiger partial charge < -0.3 is 15.0 Å². The van der Waals surface area contributed by atoms with Crippen LogP contribution >= 0.6 is 11.3 Å². The highest BCUT2D eigenvalue weighted by molar-refractivity contribution is 7.98. The third-order valence-corrected chi connectivity index (χ3v) is 10.5. The molecular formula is C27H28N8O3S2. The second-order valence-corrected chi connectivity index (χ2v) is 13.3. The lowest BCUT2D eigenvalue weighted by molar-refractivity contribution is 0.0758. The minimum atomic E-state index is -2.87. The van der Waals surface area contributed by atoms with Crippen molar-refractivity contribution in [1.29, 1.82) is 5.26 Å². The molecule has 0 saturated carbocycles. The summed E-state index contributed by atoms with van der Waals surface area (Å²) in [6.45, 7) is 5.50. The number of carbonyl (C=O) groups excluding carboxylic acids is 1. The van der Waals surface area contributed by atoms with E-state index in [0.29, 0.717) is 5.95 Å². The zero-order chi connectivity index (χ0) is 27.7. The molecular weight excluding hydrogens is 548 g/mol. The van der Waals surface area contributed by atoms with Crippen LogP contribution in [0.4, 0.5) is 17.3 Å². The third-order valence-electron chi connectivity index (χ3n) is 7.43. The number of hydrogen-bond acceptors (Lipinski definition) is 10. The van der Waals surface area contributed by atoms with E-state index in [1.807, 2.05) is 29.8 Å². The smallest absolute Gasteiger partial charge is 0.228 e. The van der Waals surface area contributed by atoms with Gasteiger partial charge in [0, 0.05) is 55.1 Å². The Balaban J connectivity index is 1.27. The first-order valence-corrected chi connectivity index (χ1v) is 15.6. The van der Waals surface area contributed by atoms with Crippen molar-refractivity contribution in [1.82, 2.24) is 24.1 Å². The standard InChI is InChI=1S/C27H28N8O3S2/c1-2-40(37,19-36)34-17-27(18-34,8-9-28)35-16-20(15-29-35)24-25-23(7-14-39-25)31-26(32-24)30-21-3-5-22(6-4-21)33-10-12-38-13-11-33/h3-7,14-16H,2,8,10-13,17-18H2,1H3,(H,30,31,32). The van der Waals surface area contributed by atoms with E-state index in [1.54, 1.807) is 38.7 Å². The summed E-state index contributed by atoms with van der Waals surface area (Å²) in [7, 11) is -2.87. The fraction of sp³-hybridized carbons (Fsp3) is 0.370. The molecule has 2 aliphatic heterocycles. The summed E-state index contributed by atoms with van der Waals surface area (Å²) >= 11 is 1.55. The van der Waals surface area contributed by atoms with Crippen LogP contribution in [0.1, 0.15) is 13.3 Å². The SMILES string of the molecule is CCS(=O)(=C=O)N1CC(CC#N)(n2cc(-c3nc(Nc4ccc(N5CCOCC5)cc4)nc4ccsc34)cn2)C1. The van der Waals surface area contributed by atoms with Crippen molar-refractivity contribution in [2.75, 3.05) is 55.4 Å². The van der Waals surface area contributed by atoms with Crippen LogP contribution in [0.3, 0.4) is 0 Å². The number of rotatable bonds is 8. The average molecular weight is 577 g/mol. The summed E-state index contributed by atoms with van der Waals surface area (Å²) in [6.07, 6.45) is 3.77. The maximum Gasteiger partial charge on any atom is 0.228 e. The van der Waals surface area contributed by atoms with Gasteiger partial charge in [-0.1, -0.05) is 6.92 Å². The summed E-state index contributed by atoms with van der Waals surface area (Å²) in [4.78, 5) is 23.2. The molecule has 3 aromatic heterocycles. The molecule has 0 bridgehead atoms. The van der Waals surface area contributed by atoms with E-state index in [2.05, 4.69) is 33.5 Å². The number of nitrogens with zero attached hydrogens (tertiary/aromatic N) is 7. The van der Waals surface area contributed by atoms with Gasteiger partial charge in [-0.05, 0) is 35.7 Å². The number of nitriles is 1. The Bertz CT molecular complexity index is 1720. The molecule has 1 unspecified atom stereocenters. The summed E-state index contributed by atoms with van der Waals surface area (Å²) in [5, 5.41) is 21.2. The molecule has 11 nitrogen and oxygen atoms in total. The van der Waals surface area contributed by atoms with Crippen LogP contribution in [0.15, 0.2) is 48.1 Å². The molecule has 5 heterocycles. The maximum absolute atomic E-state index is 12.8. The van der Waals surface area contributed by atoms with Gasteiger partial charge in [-0.25, -0.2) is 23.3 Å². The number of anilines is 3. The van der Waals surface area contributed by atoms with E-state index < -0.39 is 15.2 Å². The van der Waals surface area contributed by atoms with Gasteiger partial charge >= 0.3 is 0 Å². The Hall–Kier alpha value is -3.79. The van der Waals surface area contributed by atoms with Gasteiger partial charge in [-0.3, -0.25) is 4.68 Å². The Kier molecular flexibility index (Phi) is 7.04. The molecule has 206 valence electrons. The van der Waals surface area contributed by atoms with Crippen LogP contribution in [-0.4, -0.2) is 78.6 Å². The van der Waals surface area contributed by atoms with E-state index in [-0.39, 0.29) is 25.3 Å². The van der Waals surface area contributed by atoms with Gasteiger partial charge in [-0.2, -0.15) is 10.4 Å². The minimum Gasteiger partial charge on any atom is -0.378 e. The number of thiophene rings is 1. The van der Waals surface area contributed by atoms with Crippen molar-refractivity contribution in [3.05, 3.63) is 48.1 Å². The van der Waals surface area contributed by atoms with Gasteiger partial charge in [0.15, 0.2) is 0 Å². The lowest BCUT2D eigenvalue weighted by atomic mass is 9.89. The molecule has 2 aliphatic rings. The monoisotopic (exact) mass is 576 g/mol. The van der Waals surface area contributed by atoms with Gasteiger partial charge in [0.2, 0.25) is 11.2 Å². The van der Waals surface area contributed by atoms with Crippen molar-refractivity contribution in [3.8, 4) is 17.3 Å². The van der Waals surface area contributed by atoms with E-state index in [9.17, 15) is 14.3 Å². The molecule has 4 aromatic rings. The molecule has 0 spiro atoms. The fourth-order valence-corrected chi connectivity index (χ4v) is 7.45. The zero-order valence-corrected chi connectivity index (χ0v) is 23.6. The van der Waals surface area contributed by atoms with E-state index in [0.717, 1.165) is 59.2 Å². The molecule has 2 saturated heterocycles. The van der Waals surface area contributed by atoms with Crippen LogP contribution in [0, 0.1) is 11.3 Å². The highest BCUT2D eigenvalue weighted by atomic mass is 32.2. The summed E-state index contributed by atoms with van der Waals surface area (Å²) < 4.78 is 22.6. The van der Waals surface area contributed by atoms with Gasteiger partial charge in [0.25, 0.3) is 0 Å². The number of nitrogens with one attached hydrogen (secondary N) is 1. The van der Waals surface area contributed by atoms with E-state index in [1.165, 1.54) is 0 Å².